The maximum atomic E-state index is 11.6. The summed E-state index contributed by atoms with van der Waals surface area (Å²) in [5, 5.41) is 0. The second kappa shape index (κ2) is 5.53. The Hall–Kier alpha value is -0.180. The van der Waals surface area contributed by atoms with E-state index in [4.69, 9.17) is 0 Å². The van der Waals surface area contributed by atoms with Gasteiger partial charge in [-0.15, -0.1) is 0 Å². The number of carbonyl (C=O) groups is 1. The Balaban J connectivity index is 2.26. The van der Waals surface area contributed by atoms with Gasteiger partial charge in [-0.3, -0.25) is 4.79 Å². The Morgan fingerprint density at radius 3 is 2.62 bits per heavy atom. The predicted molar refractivity (Wildman–Crippen MR) is 58.0 cm³/mol. The highest BCUT2D eigenvalue weighted by molar-refractivity contribution is 7.99. The zero-order valence-corrected chi connectivity index (χ0v) is 9.40. The lowest BCUT2D eigenvalue weighted by atomic mass is 9.98. The van der Waals surface area contributed by atoms with Crippen molar-refractivity contribution >= 4 is 17.7 Å². The fourth-order valence-electron chi connectivity index (χ4n) is 1.53. The van der Waals surface area contributed by atoms with Crippen molar-refractivity contribution < 1.29 is 4.79 Å². The molecule has 0 saturated carbocycles. The normalized spacial score (nSPS) is 18.6. The van der Waals surface area contributed by atoms with E-state index in [0.717, 1.165) is 13.0 Å². The minimum absolute atomic E-state index is 0.319. The fraction of sp³-hybridized carbons (Fsp3) is 0.900. The maximum Gasteiger partial charge on any atom is 0.222 e. The van der Waals surface area contributed by atoms with E-state index >= 15 is 0 Å². The van der Waals surface area contributed by atoms with E-state index < -0.39 is 0 Å². The van der Waals surface area contributed by atoms with Crippen LogP contribution in [0, 0.1) is 5.92 Å². The number of nitrogens with zero attached hydrogens (tertiary/aromatic N) is 1. The number of hydrogen-bond acceptors (Lipinski definition) is 2. The first-order valence-electron chi connectivity index (χ1n) is 5.05. The van der Waals surface area contributed by atoms with Crippen LogP contribution in [0.15, 0.2) is 0 Å². The second-order valence-corrected chi connectivity index (χ2v) is 4.89. The fourth-order valence-corrected chi connectivity index (χ4v) is 2.73. The van der Waals surface area contributed by atoms with E-state index in [0.29, 0.717) is 11.8 Å². The molecule has 1 fully saturated rings. The summed E-state index contributed by atoms with van der Waals surface area (Å²) >= 11 is 2.01. The van der Waals surface area contributed by atoms with Crippen LogP contribution in [0.2, 0.25) is 0 Å². The molecule has 1 aliphatic rings. The molecule has 0 radical (unpaired) electrons. The first kappa shape index (κ1) is 10.9. The van der Waals surface area contributed by atoms with Gasteiger partial charge in [0, 0.05) is 20.0 Å². The molecule has 76 valence electrons. The molecular weight excluding hydrogens is 182 g/mol. The molecule has 3 heteroatoms. The van der Waals surface area contributed by atoms with Crippen molar-refractivity contribution in [2.45, 2.75) is 26.2 Å². The molecule has 0 unspecified atom stereocenters. The molecule has 0 aromatic rings. The largest absolute Gasteiger partial charge is 0.346 e. The summed E-state index contributed by atoms with van der Waals surface area (Å²) in [6.45, 7) is 2.86. The van der Waals surface area contributed by atoms with Gasteiger partial charge in [0.25, 0.3) is 0 Å². The summed E-state index contributed by atoms with van der Waals surface area (Å²) in [6.07, 6.45) is 3.23. The molecule has 0 atom stereocenters. The Morgan fingerprint density at radius 2 is 2.08 bits per heavy atom. The SMILES string of the molecule is CCN(C)C(=O)CC1CCSCC1. The highest BCUT2D eigenvalue weighted by atomic mass is 32.2. The highest BCUT2D eigenvalue weighted by Gasteiger charge is 2.18. The standard InChI is InChI=1S/C10H19NOS/c1-3-11(2)10(12)8-9-4-6-13-7-5-9/h9H,3-8H2,1-2H3. The highest BCUT2D eigenvalue weighted by Crippen LogP contribution is 2.25. The number of carbonyl (C=O) groups excluding carboxylic acids is 1. The number of hydrogen-bond donors (Lipinski definition) is 0. The smallest absolute Gasteiger partial charge is 0.222 e. The molecule has 0 bridgehead atoms. The average molecular weight is 201 g/mol. The van der Waals surface area contributed by atoms with Crippen molar-refractivity contribution in [3.8, 4) is 0 Å². The molecular formula is C10H19NOS. The number of rotatable bonds is 3. The van der Waals surface area contributed by atoms with Crippen molar-refractivity contribution in [2.75, 3.05) is 25.1 Å². The zero-order valence-electron chi connectivity index (χ0n) is 8.58. The van der Waals surface area contributed by atoms with Gasteiger partial charge in [0.1, 0.15) is 0 Å². The van der Waals surface area contributed by atoms with E-state index in [1.54, 1.807) is 0 Å². The molecule has 1 saturated heterocycles. The summed E-state index contributed by atoms with van der Waals surface area (Å²) in [5.74, 6) is 3.46. The summed E-state index contributed by atoms with van der Waals surface area (Å²) in [7, 11) is 1.89. The quantitative estimate of drug-likeness (QED) is 0.696. The average Bonchev–Trinajstić information content (AvgIpc) is 2.18. The molecule has 0 aromatic heterocycles. The van der Waals surface area contributed by atoms with Crippen molar-refractivity contribution in [2.24, 2.45) is 5.92 Å². The van der Waals surface area contributed by atoms with Gasteiger partial charge >= 0.3 is 0 Å². The molecule has 13 heavy (non-hydrogen) atoms. The van der Waals surface area contributed by atoms with Gasteiger partial charge in [-0.1, -0.05) is 0 Å². The van der Waals surface area contributed by atoms with Crippen molar-refractivity contribution in [3.05, 3.63) is 0 Å². The van der Waals surface area contributed by atoms with Gasteiger partial charge in [0.15, 0.2) is 0 Å². The predicted octanol–water partition coefficient (Wildman–Crippen LogP) is 2.00. The topological polar surface area (TPSA) is 20.3 Å². The lowest BCUT2D eigenvalue weighted by Gasteiger charge is -2.23. The maximum absolute atomic E-state index is 11.6. The first-order chi connectivity index (χ1) is 6.24. The van der Waals surface area contributed by atoms with Crippen LogP contribution in [0.1, 0.15) is 26.2 Å². The van der Waals surface area contributed by atoms with Crippen LogP contribution < -0.4 is 0 Å². The van der Waals surface area contributed by atoms with Gasteiger partial charge in [-0.25, -0.2) is 0 Å². The van der Waals surface area contributed by atoms with E-state index in [1.807, 2.05) is 30.6 Å². The van der Waals surface area contributed by atoms with Crippen LogP contribution in [-0.4, -0.2) is 35.9 Å². The molecule has 1 rings (SSSR count). The summed E-state index contributed by atoms with van der Waals surface area (Å²) in [5.41, 5.74) is 0. The molecule has 0 aromatic carbocycles. The number of amides is 1. The summed E-state index contributed by atoms with van der Waals surface area (Å²) in [6, 6.07) is 0. The van der Waals surface area contributed by atoms with E-state index in [-0.39, 0.29) is 0 Å². The van der Waals surface area contributed by atoms with Crippen LogP contribution in [0.4, 0.5) is 0 Å². The lowest BCUT2D eigenvalue weighted by molar-refractivity contribution is -0.130. The van der Waals surface area contributed by atoms with E-state index in [1.165, 1.54) is 24.3 Å². The third kappa shape index (κ3) is 3.59. The van der Waals surface area contributed by atoms with Crippen molar-refractivity contribution in [1.29, 1.82) is 0 Å². The van der Waals surface area contributed by atoms with E-state index in [9.17, 15) is 4.79 Å². The van der Waals surface area contributed by atoms with Crippen molar-refractivity contribution in [3.63, 3.8) is 0 Å². The van der Waals surface area contributed by atoms with Gasteiger partial charge in [-0.2, -0.15) is 11.8 Å². The van der Waals surface area contributed by atoms with Crippen LogP contribution in [0.5, 0.6) is 0 Å². The Kier molecular flexibility index (Phi) is 4.64. The van der Waals surface area contributed by atoms with Gasteiger partial charge < -0.3 is 4.90 Å². The zero-order chi connectivity index (χ0) is 9.68. The Labute approximate surface area is 85.1 Å². The number of thioether (sulfide) groups is 1. The molecule has 2 nitrogen and oxygen atoms in total. The molecule has 1 heterocycles. The summed E-state index contributed by atoms with van der Waals surface area (Å²) in [4.78, 5) is 13.4. The van der Waals surface area contributed by atoms with Crippen LogP contribution >= 0.6 is 11.8 Å². The third-order valence-corrected chi connectivity index (χ3v) is 3.75. The van der Waals surface area contributed by atoms with E-state index in [2.05, 4.69) is 0 Å². The van der Waals surface area contributed by atoms with Gasteiger partial charge in [-0.05, 0) is 37.2 Å². The second-order valence-electron chi connectivity index (χ2n) is 3.67. The Bertz CT molecular complexity index is 166. The van der Waals surface area contributed by atoms with Gasteiger partial charge in [0.05, 0.1) is 0 Å². The minimum Gasteiger partial charge on any atom is -0.346 e. The molecule has 0 N–H and O–H groups in total. The van der Waals surface area contributed by atoms with Crippen molar-refractivity contribution in [1.82, 2.24) is 4.90 Å². The molecule has 0 aliphatic carbocycles. The summed E-state index contributed by atoms with van der Waals surface area (Å²) < 4.78 is 0. The third-order valence-electron chi connectivity index (χ3n) is 2.70. The molecule has 1 amide bonds. The van der Waals surface area contributed by atoms with Crippen LogP contribution in [0.3, 0.4) is 0 Å². The Morgan fingerprint density at radius 1 is 1.46 bits per heavy atom. The minimum atomic E-state index is 0.319. The first-order valence-corrected chi connectivity index (χ1v) is 6.21. The van der Waals surface area contributed by atoms with Crippen LogP contribution in [0.25, 0.3) is 0 Å². The monoisotopic (exact) mass is 201 g/mol. The lowest BCUT2D eigenvalue weighted by Crippen LogP contribution is -2.29. The van der Waals surface area contributed by atoms with Crippen LogP contribution in [-0.2, 0) is 4.79 Å². The molecule has 0 spiro atoms. The molecule has 1 aliphatic heterocycles. The van der Waals surface area contributed by atoms with Gasteiger partial charge in [0.2, 0.25) is 5.91 Å².